The Bertz CT molecular complexity index is 263. The lowest BCUT2D eigenvalue weighted by atomic mass is 10.1. The van der Waals surface area contributed by atoms with Crippen LogP contribution in [-0.2, 0) is 19.3 Å². The molecule has 0 aromatic rings. The van der Waals surface area contributed by atoms with E-state index in [2.05, 4.69) is 21.1 Å². The monoisotopic (exact) mass is 238 g/mol. The predicted octanol–water partition coefficient (Wildman–Crippen LogP) is 0.432. The number of ether oxygens (including phenoxy) is 1. The fourth-order valence-electron chi connectivity index (χ4n) is 1.14. The van der Waals surface area contributed by atoms with Crippen LogP contribution >= 0.6 is 0 Å². The molecule has 0 radical (unpaired) electrons. The average Bonchev–Trinajstić information content (AvgIpc) is 2.77. The van der Waals surface area contributed by atoms with Crippen LogP contribution in [0.1, 0.15) is 6.42 Å². The van der Waals surface area contributed by atoms with Crippen molar-refractivity contribution in [2.45, 2.75) is 24.6 Å². The normalized spacial score (nSPS) is 22.8. The minimum absolute atomic E-state index is 0.0888. The summed E-state index contributed by atoms with van der Waals surface area (Å²) in [4.78, 5) is 19.7. The molecule has 0 aliphatic carbocycles. The van der Waals surface area contributed by atoms with E-state index in [1.165, 1.54) is 0 Å². The van der Waals surface area contributed by atoms with Crippen molar-refractivity contribution in [3.05, 3.63) is 12.7 Å². The number of aliphatic hydroxyl groups excluding tert-OH is 1. The molecule has 2 atom stereocenters. The van der Waals surface area contributed by atoms with Crippen molar-refractivity contribution in [1.82, 2.24) is 0 Å². The first-order valence-electron chi connectivity index (χ1n) is 4.62. The van der Waals surface area contributed by atoms with Gasteiger partial charge in [0.1, 0.15) is 12.7 Å². The quantitative estimate of drug-likeness (QED) is 0.427. The van der Waals surface area contributed by atoms with Gasteiger partial charge in [-0.1, -0.05) is 12.7 Å². The number of esters is 1. The fraction of sp³-hybridized carbons (Fsp3) is 0.667. The third-order valence-corrected chi connectivity index (χ3v) is 2.01. The Labute approximate surface area is 90.5 Å². The molecular formula is C9H12F2O5. The van der Waals surface area contributed by atoms with E-state index in [0.717, 1.165) is 6.08 Å². The van der Waals surface area contributed by atoms with Gasteiger partial charge in [-0.05, 0) is 0 Å². The summed E-state index contributed by atoms with van der Waals surface area (Å²) >= 11 is 0. The molecule has 5 nitrogen and oxygen atoms in total. The molecule has 0 aromatic heterocycles. The largest absolute Gasteiger partial charge is 0.457 e. The molecule has 0 spiro atoms. The van der Waals surface area contributed by atoms with Crippen molar-refractivity contribution in [2.75, 3.05) is 13.2 Å². The van der Waals surface area contributed by atoms with Crippen molar-refractivity contribution < 1.29 is 33.2 Å². The number of rotatable bonds is 5. The van der Waals surface area contributed by atoms with Crippen LogP contribution in [0.2, 0.25) is 0 Å². The molecule has 1 heterocycles. The maximum Gasteiger partial charge on any atom is 0.380 e. The van der Waals surface area contributed by atoms with Crippen LogP contribution in [0.15, 0.2) is 12.7 Å². The number of carbonyl (C=O) groups is 1. The molecule has 1 aliphatic heterocycles. The molecule has 0 saturated carbocycles. The second-order valence-electron chi connectivity index (χ2n) is 3.20. The van der Waals surface area contributed by atoms with Gasteiger partial charge >= 0.3 is 11.9 Å². The van der Waals surface area contributed by atoms with Crippen LogP contribution in [0.3, 0.4) is 0 Å². The van der Waals surface area contributed by atoms with Crippen LogP contribution in [0.4, 0.5) is 8.78 Å². The minimum atomic E-state index is -4.03. The Balaban J connectivity index is 2.59. The second-order valence-corrected chi connectivity index (χ2v) is 3.20. The van der Waals surface area contributed by atoms with Gasteiger partial charge in [-0.25, -0.2) is 14.6 Å². The Hall–Kier alpha value is -1.05. The molecule has 1 aliphatic rings. The molecular weight excluding hydrogens is 226 g/mol. The lowest BCUT2D eigenvalue weighted by Crippen LogP contribution is -2.48. The molecule has 7 heteroatoms. The van der Waals surface area contributed by atoms with Gasteiger partial charge in [0.05, 0.1) is 6.61 Å². The zero-order valence-corrected chi connectivity index (χ0v) is 8.40. The smallest absolute Gasteiger partial charge is 0.380 e. The number of hydrogen-bond donors (Lipinski definition) is 1. The third kappa shape index (κ3) is 2.75. The van der Waals surface area contributed by atoms with Gasteiger partial charge in [-0.15, -0.1) is 0 Å². The summed E-state index contributed by atoms with van der Waals surface area (Å²) in [6.45, 7) is 2.96. The molecule has 0 bridgehead atoms. The summed E-state index contributed by atoms with van der Waals surface area (Å²) in [6.07, 6.45) is -2.28. The molecule has 2 unspecified atom stereocenters. The maximum absolute atomic E-state index is 13.3. The van der Waals surface area contributed by atoms with E-state index in [9.17, 15) is 18.7 Å². The summed E-state index contributed by atoms with van der Waals surface area (Å²) in [5.41, 5.74) is 0. The zero-order valence-electron chi connectivity index (χ0n) is 8.40. The highest BCUT2D eigenvalue weighted by Crippen LogP contribution is 2.27. The Morgan fingerprint density at radius 2 is 2.44 bits per heavy atom. The first-order chi connectivity index (χ1) is 7.50. The molecule has 1 fully saturated rings. The highest BCUT2D eigenvalue weighted by Gasteiger charge is 2.53. The first kappa shape index (κ1) is 13.0. The third-order valence-electron chi connectivity index (χ3n) is 2.01. The molecule has 0 amide bonds. The molecule has 0 aromatic carbocycles. The van der Waals surface area contributed by atoms with Gasteiger partial charge < -0.3 is 9.84 Å². The summed E-state index contributed by atoms with van der Waals surface area (Å²) in [5, 5.41) is 9.26. The predicted molar refractivity (Wildman–Crippen MR) is 47.6 cm³/mol. The van der Waals surface area contributed by atoms with E-state index in [-0.39, 0.29) is 19.6 Å². The summed E-state index contributed by atoms with van der Waals surface area (Å²) in [5.74, 6) is -5.84. The van der Waals surface area contributed by atoms with E-state index in [1.807, 2.05) is 0 Å². The van der Waals surface area contributed by atoms with Crippen LogP contribution in [0, 0.1) is 0 Å². The van der Waals surface area contributed by atoms with Gasteiger partial charge in [-0.3, -0.25) is 0 Å². The van der Waals surface area contributed by atoms with E-state index >= 15 is 0 Å². The van der Waals surface area contributed by atoms with E-state index in [4.69, 9.17) is 0 Å². The maximum atomic E-state index is 13.3. The number of hydrogen-bond acceptors (Lipinski definition) is 5. The van der Waals surface area contributed by atoms with Crippen LogP contribution in [0.5, 0.6) is 0 Å². The number of carbonyl (C=O) groups excluding carboxylic acids is 1. The number of halogens is 2. The van der Waals surface area contributed by atoms with E-state index < -0.39 is 24.1 Å². The molecule has 92 valence electrons. The standard InChI is InChI=1S/C9H12F2O5/c1-2-4-14-8(13)9(10,11)7(12)6-3-5-15-16-6/h2,6-7,12H,1,3-5H2. The molecule has 1 N–H and O–H groups in total. The number of aliphatic hydroxyl groups is 1. The Kier molecular flexibility index (Phi) is 4.34. The highest BCUT2D eigenvalue weighted by atomic mass is 19.3. The van der Waals surface area contributed by atoms with Crippen molar-refractivity contribution >= 4 is 5.97 Å². The topological polar surface area (TPSA) is 65.0 Å². The fourth-order valence-corrected chi connectivity index (χ4v) is 1.14. The van der Waals surface area contributed by atoms with Crippen LogP contribution < -0.4 is 0 Å². The highest BCUT2D eigenvalue weighted by molar-refractivity contribution is 5.78. The van der Waals surface area contributed by atoms with Crippen LogP contribution in [-0.4, -0.2) is 42.4 Å². The van der Waals surface area contributed by atoms with Gasteiger partial charge in [0.15, 0.2) is 6.10 Å². The SMILES string of the molecule is C=CCOC(=O)C(F)(F)C(O)C1CCOO1. The lowest BCUT2D eigenvalue weighted by molar-refractivity contribution is -0.302. The first-order valence-corrected chi connectivity index (χ1v) is 4.62. The van der Waals surface area contributed by atoms with E-state index in [0.29, 0.717) is 0 Å². The molecule has 1 rings (SSSR count). The van der Waals surface area contributed by atoms with Crippen molar-refractivity contribution in [1.29, 1.82) is 0 Å². The summed E-state index contributed by atoms with van der Waals surface area (Å²) in [7, 11) is 0. The van der Waals surface area contributed by atoms with E-state index in [1.54, 1.807) is 0 Å². The zero-order chi connectivity index (χ0) is 12.2. The second kappa shape index (κ2) is 5.33. The van der Waals surface area contributed by atoms with Gasteiger partial charge in [0.25, 0.3) is 0 Å². The summed E-state index contributed by atoms with van der Waals surface area (Å²) in [6, 6.07) is 0. The van der Waals surface area contributed by atoms with Crippen molar-refractivity contribution in [3.63, 3.8) is 0 Å². The minimum Gasteiger partial charge on any atom is -0.457 e. The molecule has 16 heavy (non-hydrogen) atoms. The van der Waals surface area contributed by atoms with Crippen molar-refractivity contribution in [3.8, 4) is 0 Å². The van der Waals surface area contributed by atoms with Gasteiger partial charge in [-0.2, -0.15) is 8.78 Å². The molecule has 1 saturated heterocycles. The number of alkyl halides is 2. The van der Waals surface area contributed by atoms with Gasteiger partial charge in [0.2, 0.25) is 0 Å². The van der Waals surface area contributed by atoms with Gasteiger partial charge in [0, 0.05) is 6.42 Å². The van der Waals surface area contributed by atoms with Crippen molar-refractivity contribution in [2.24, 2.45) is 0 Å². The average molecular weight is 238 g/mol. The summed E-state index contributed by atoms with van der Waals surface area (Å²) < 4.78 is 30.8. The Morgan fingerprint density at radius 1 is 1.75 bits per heavy atom. The van der Waals surface area contributed by atoms with Crippen LogP contribution in [0.25, 0.3) is 0 Å². The Morgan fingerprint density at radius 3 is 2.94 bits per heavy atom. The lowest BCUT2D eigenvalue weighted by Gasteiger charge is -2.23.